The minimum atomic E-state index is -0.265. The van der Waals surface area contributed by atoms with E-state index in [0.717, 1.165) is 40.5 Å². The van der Waals surface area contributed by atoms with E-state index in [2.05, 4.69) is 9.97 Å². The number of amides is 2. The molecule has 1 aromatic heterocycles. The summed E-state index contributed by atoms with van der Waals surface area (Å²) in [6, 6.07) is 13.2. The van der Waals surface area contributed by atoms with Crippen LogP contribution in [-0.4, -0.2) is 21.8 Å². The number of anilines is 1. The molecule has 1 aliphatic carbocycles. The Kier molecular flexibility index (Phi) is 2.62. The molecule has 27 heavy (non-hydrogen) atoms. The lowest BCUT2D eigenvalue weighted by Crippen LogP contribution is -2.40. The monoisotopic (exact) mass is 353 g/mol. The first-order chi connectivity index (χ1) is 13.1. The van der Waals surface area contributed by atoms with E-state index in [-0.39, 0.29) is 11.8 Å². The van der Waals surface area contributed by atoms with Crippen molar-refractivity contribution in [3.8, 4) is 0 Å². The molecule has 2 amide bonds. The van der Waals surface area contributed by atoms with Gasteiger partial charge in [0.1, 0.15) is 5.82 Å². The molecule has 0 fully saturated rings. The van der Waals surface area contributed by atoms with Crippen molar-refractivity contribution in [2.75, 3.05) is 4.90 Å². The zero-order chi connectivity index (χ0) is 18.3. The number of H-pyrrole nitrogens is 1. The number of benzene rings is 3. The topological polar surface area (TPSA) is 66.1 Å². The van der Waals surface area contributed by atoms with Gasteiger partial charge in [0, 0.05) is 16.5 Å². The number of aromatic nitrogens is 2. The second-order valence-electron chi connectivity index (χ2n) is 7.26. The normalized spacial score (nSPS) is 15.4. The summed E-state index contributed by atoms with van der Waals surface area (Å²) in [7, 11) is 0. The number of imidazole rings is 1. The third kappa shape index (κ3) is 1.81. The van der Waals surface area contributed by atoms with Crippen molar-refractivity contribution < 1.29 is 9.59 Å². The highest BCUT2D eigenvalue weighted by atomic mass is 16.2. The SMILES string of the molecule is Cc1nc2ccc(N3C(=O)c4ccc5c6c(ccc(c46)C3=O)CC5)cc2[nH]1. The van der Waals surface area contributed by atoms with Gasteiger partial charge in [-0.2, -0.15) is 0 Å². The van der Waals surface area contributed by atoms with Crippen molar-refractivity contribution in [3.05, 3.63) is 70.5 Å². The summed E-state index contributed by atoms with van der Waals surface area (Å²) in [6.45, 7) is 1.88. The smallest absolute Gasteiger partial charge is 0.265 e. The van der Waals surface area contributed by atoms with Crippen molar-refractivity contribution in [1.82, 2.24) is 9.97 Å². The molecule has 0 saturated carbocycles. The van der Waals surface area contributed by atoms with Crippen molar-refractivity contribution >= 4 is 39.3 Å². The van der Waals surface area contributed by atoms with Gasteiger partial charge in [-0.05, 0) is 66.6 Å². The predicted molar refractivity (Wildman–Crippen MR) is 103 cm³/mol. The van der Waals surface area contributed by atoms with Gasteiger partial charge in [0.25, 0.3) is 11.8 Å². The molecule has 0 saturated heterocycles. The van der Waals surface area contributed by atoms with Crippen LogP contribution in [0.5, 0.6) is 0 Å². The van der Waals surface area contributed by atoms with Crippen molar-refractivity contribution in [3.63, 3.8) is 0 Å². The Morgan fingerprint density at radius 2 is 1.56 bits per heavy atom. The highest BCUT2D eigenvalue weighted by molar-refractivity contribution is 6.36. The molecule has 0 spiro atoms. The maximum absolute atomic E-state index is 13.3. The maximum atomic E-state index is 13.3. The van der Waals surface area contributed by atoms with Crippen LogP contribution in [0.1, 0.15) is 37.7 Å². The van der Waals surface area contributed by atoms with Crippen LogP contribution < -0.4 is 4.90 Å². The summed E-state index contributed by atoms with van der Waals surface area (Å²) in [5.41, 5.74) is 5.85. The molecule has 0 unspecified atom stereocenters. The number of aryl methyl sites for hydroxylation is 3. The molecule has 5 nitrogen and oxygen atoms in total. The van der Waals surface area contributed by atoms with Gasteiger partial charge in [0.2, 0.25) is 0 Å². The van der Waals surface area contributed by atoms with E-state index in [1.165, 1.54) is 16.0 Å². The van der Waals surface area contributed by atoms with Crippen LogP contribution in [-0.2, 0) is 12.8 Å². The number of nitrogens with zero attached hydrogens (tertiary/aromatic N) is 2. The first-order valence-corrected chi connectivity index (χ1v) is 9.04. The fourth-order valence-electron chi connectivity index (χ4n) is 4.52. The van der Waals surface area contributed by atoms with Crippen LogP contribution in [0.25, 0.3) is 21.8 Å². The molecule has 1 aliphatic heterocycles. The van der Waals surface area contributed by atoms with Crippen LogP contribution in [0.3, 0.4) is 0 Å². The van der Waals surface area contributed by atoms with Gasteiger partial charge in [-0.25, -0.2) is 9.88 Å². The molecule has 6 rings (SSSR count). The summed E-state index contributed by atoms with van der Waals surface area (Å²) in [5, 5.41) is 1.93. The highest BCUT2D eigenvalue weighted by Gasteiger charge is 2.36. The van der Waals surface area contributed by atoms with E-state index < -0.39 is 0 Å². The Morgan fingerprint density at radius 3 is 2.22 bits per heavy atom. The fourth-order valence-corrected chi connectivity index (χ4v) is 4.52. The second kappa shape index (κ2) is 4.82. The number of carbonyl (C=O) groups excluding carboxylic acids is 2. The Morgan fingerprint density at radius 1 is 0.889 bits per heavy atom. The predicted octanol–water partition coefficient (Wildman–Crippen LogP) is 3.92. The molecular weight excluding hydrogens is 338 g/mol. The van der Waals surface area contributed by atoms with E-state index in [1.807, 2.05) is 43.3 Å². The molecule has 0 atom stereocenters. The number of hydrogen-bond acceptors (Lipinski definition) is 3. The van der Waals surface area contributed by atoms with Gasteiger partial charge < -0.3 is 4.98 Å². The number of fused-ring (bicyclic) bond motifs is 1. The van der Waals surface area contributed by atoms with Crippen molar-refractivity contribution in [1.29, 1.82) is 0 Å². The van der Waals surface area contributed by atoms with Crippen LogP contribution in [0.4, 0.5) is 5.69 Å². The first-order valence-electron chi connectivity index (χ1n) is 9.04. The molecule has 130 valence electrons. The van der Waals surface area contributed by atoms with E-state index in [1.54, 1.807) is 6.07 Å². The average Bonchev–Trinajstić information content (AvgIpc) is 3.25. The zero-order valence-electron chi connectivity index (χ0n) is 14.7. The third-order valence-corrected chi connectivity index (χ3v) is 5.71. The Labute approximate surface area is 154 Å². The van der Waals surface area contributed by atoms with Crippen LogP contribution >= 0.6 is 0 Å². The molecule has 1 N–H and O–H groups in total. The fraction of sp³-hybridized carbons (Fsp3) is 0.136. The van der Waals surface area contributed by atoms with E-state index in [4.69, 9.17) is 0 Å². The Balaban J connectivity index is 1.60. The molecule has 0 bridgehead atoms. The Bertz CT molecular complexity index is 1270. The number of aromatic amines is 1. The lowest BCUT2D eigenvalue weighted by Gasteiger charge is -2.27. The minimum absolute atomic E-state index is 0.265. The van der Waals surface area contributed by atoms with Gasteiger partial charge in [0.15, 0.2) is 0 Å². The summed E-state index contributed by atoms with van der Waals surface area (Å²) < 4.78 is 0. The summed E-state index contributed by atoms with van der Waals surface area (Å²) in [5.74, 6) is 0.268. The number of carbonyl (C=O) groups is 2. The Hall–Kier alpha value is -3.47. The molecular formula is C22H15N3O2. The van der Waals surface area contributed by atoms with Gasteiger partial charge in [0.05, 0.1) is 16.7 Å². The molecule has 4 aromatic rings. The van der Waals surface area contributed by atoms with Gasteiger partial charge in [-0.15, -0.1) is 0 Å². The molecule has 3 aromatic carbocycles. The van der Waals surface area contributed by atoms with Crippen molar-refractivity contribution in [2.24, 2.45) is 0 Å². The van der Waals surface area contributed by atoms with Gasteiger partial charge in [-0.1, -0.05) is 12.1 Å². The highest BCUT2D eigenvalue weighted by Crippen LogP contribution is 2.39. The molecule has 2 heterocycles. The van der Waals surface area contributed by atoms with E-state index in [9.17, 15) is 9.59 Å². The largest absolute Gasteiger partial charge is 0.342 e. The van der Waals surface area contributed by atoms with Crippen LogP contribution in [0.2, 0.25) is 0 Å². The lowest BCUT2D eigenvalue weighted by molar-refractivity contribution is 0.0893. The van der Waals surface area contributed by atoms with E-state index in [0.29, 0.717) is 16.8 Å². The average molecular weight is 353 g/mol. The lowest BCUT2D eigenvalue weighted by atomic mass is 9.91. The van der Waals surface area contributed by atoms with Gasteiger partial charge in [-0.3, -0.25) is 9.59 Å². The number of nitrogens with one attached hydrogen (secondary N) is 1. The molecule has 0 radical (unpaired) electrons. The zero-order valence-corrected chi connectivity index (χ0v) is 14.7. The summed E-state index contributed by atoms with van der Waals surface area (Å²) in [4.78, 5) is 35.4. The summed E-state index contributed by atoms with van der Waals surface area (Å²) in [6.07, 6.45) is 1.94. The molecule has 2 aliphatic rings. The number of rotatable bonds is 1. The summed E-state index contributed by atoms with van der Waals surface area (Å²) >= 11 is 0. The third-order valence-electron chi connectivity index (χ3n) is 5.71. The van der Waals surface area contributed by atoms with Crippen LogP contribution in [0, 0.1) is 6.92 Å². The van der Waals surface area contributed by atoms with Gasteiger partial charge >= 0.3 is 0 Å². The van der Waals surface area contributed by atoms with E-state index >= 15 is 0 Å². The quantitative estimate of drug-likeness (QED) is 0.527. The first kappa shape index (κ1) is 14.7. The standard InChI is InChI=1S/C22H15N3O2/c1-11-23-17-9-6-14(10-18(17)24-11)25-21(26)15-7-4-12-2-3-13-5-8-16(22(25)27)20(15)19(12)13/h4-10H,2-3H2,1H3,(H,23,24). The molecule has 5 heteroatoms. The van der Waals surface area contributed by atoms with Crippen LogP contribution in [0.15, 0.2) is 42.5 Å². The number of hydrogen-bond donors (Lipinski definition) is 1. The maximum Gasteiger partial charge on any atom is 0.265 e. The van der Waals surface area contributed by atoms with Crippen molar-refractivity contribution in [2.45, 2.75) is 19.8 Å². The second-order valence-corrected chi connectivity index (χ2v) is 7.26. The number of imide groups is 1. The minimum Gasteiger partial charge on any atom is -0.342 e.